The van der Waals surface area contributed by atoms with Crippen molar-refractivity contribution in [3.8, 4) is 0 Å². The predicted molar refractivity (Wildman–Crippen MR) is 63.0 cm³/mol. The Morgan fingerprint density at radius 2 is 1.68 bits per heavy atom. The van der Waals surface area contributed by atoms with Gasteiger partial charge in [0.1, 0.15) is 6.04 Å². The van der Waals surface area contributed by atoms with Gasteiger partial charge in [0, 0.05) is 0 Å². The van der Waals surface area contributed by atoms with Gasteiger partial charge in [-0.05, 0) is 24.7 Å². The minimum Gasteiger partial charge on any atom is -0.316 e. The van der Waals surface area contributed by atoms with E-state index < -0.39 is 23.3 Å². The molecule has 1 aromatic heterocycles. The molecule has 0 saturated heterocycles. The van der Waals surface area contributed by atoms with Crippen molar-refractivity contribution in [2.75, 3.05) is 7.05 Å². The SMILES string of the molecule is CNC(c1ccc2[nH]c(=O)c(=O)[nH]c2c1)C(F)(F)F. The van der Waals surface area contributed by atoms with Crippen LogP contribution in [0, 0.1) is 0 Å². The molecule has 8 heteroatoms. The van der Waals surface area contributed by atoms with Crippen molar-refractivity contribution in [3.63, 3.8) is 0 Å². The van der Waals surface area contributed by atoms with E-state index in [0.717, 1.165) is 0 Å². The van der Waals surface area contributed by atoms with Crippen molar-refractivity contribution in [2.24, 2.45) is 0 Å². The Morgan fingerprint density at radius 3 is 2.21 bits per heavy atom. The number of benzene rings is 1. The predicted octanol–water partition coefficient (Wildman–Crippen LogP) is 1.04. The lowest BCUT2D eigenvalue weighted by Crippen LogP contribution is -2.32. The van der Waals surface area contributed by atoms with Crippen LogP contribution < -0.4 is 16.4 Å². The molecule has 0 amide bonds. The number of hydrogen-bond acceptors (Lipinski definition) is 3. The first kappa shape index (κ1) is 13.3. The zero-order valence-electron chi connectivity index (χ0n) is 9.76. The monoisotopic (exact) mass is 273 g/mol. The largest absolute Gasteiger partial charge is 0.407 e. The van der Waals surface area contributed by atoms with Crippen LogP contribution in [-0.2, 0) is 0 Å². The van der Waals surface area contributed by atoms with Crippen molar-refractivity contribution < 1.29 is 13.2 Å². The Kier molecular flexibility index (Phi) is 3.19. The summed E-state index contributed by atoms with van der Waals surface area (Å²) in [6.45, 7) is 0. The molecule has 1 atom stereocenters. The molecule has 0 aliphatic heterocycles. The number of alkyl halides is 3. The van der Waals surface area contributed by atoms with Gasteiger partial charge < -0.3 is 15.3 Å². The van der Waals surface area contributed by atoms with E-state index in [1.54, 1.807) is 0 Å². The van der Waals surface area contributed by atoms with Gasteiger partial charge in [-0.3, -0.25) is 9.59 Å². The number of fused-ring (bicyclic) bond motifs is 1. The van der Waals surface area contributed by atoms with Gasteiger partial charge in [0.2, 0.25) is 0 Å². The summed E-state index contributed by atoms with van der Waals surface area (Å²) in [6.07, 6.45) is -4.45. The molecule has 0 radical (unpaired) electrons. The third-order valence-electron chi connectivity index (χ3n) is 2.70. The second-order valence-corrected chi connectivity index (χ2v) is 3.98. The van der Waals surface area contributed by atoms with Crippen LogP contribution >= 0.6 is 0 Å². The maximum atomic E-state index is 12.8. The maximum absolute atomic E-state index is 12.8. The highest BCUT2D eigenvalue weighted by Crippen LogP contribution is 2.32. The van der Waals surface area contributed by atoms with Gasteiger partial charge in [-0.1, -0.05) is 6.07 Å². The van der Waals surface area contributed by atoms with Crippen molar-refractivity contribution in [1.82, 2.24) is 15.3 Å². The molecule has 102 valence electrons. The highest BCUT2D eigenvalue weighted by Gasteiger charge is 2.39. The molecule has 19 heavy (non-hydrogen) atoms. The first-order valence-electron chi connectivity index (χ1n) is 5.33. The van der Waals surface area contributed by atoms with Crippen molar-refractivity contribution in [2.45, 2.75) is 12.2 Å². The van der Waals surface area contributed by atoms with Crippen LogP contribution in [0.4, 0.5) is 13.2 Å². The Labute approximate surface area is 104 Å². The number of aromatic amines is 2. The summed E-state index contributed by atoms with van der Waals surface area (Å²) in [5, 5.41) is 2.16. The average molecular weight is 273 g/mol. The number of H-pyrrole nitrogens is 2. The molecule has 3 N–H and O–H groups in total. The maximum Gasteiger partial charge on any atom is 0.407 e. The first-order valence-corrected chi connectivity index (χ1v) is 5.33. The molecule has 0 saturated carbocycles. The van der Waals surface area contributed by atoms with E-state index in [-0.39, 0.29) is 16.6 Å². The molecule has 0 bridgehead atoms. The highest BCUT2D eigenvalue weighted by atomic mass is 19.4. The van der Waals surface area contributed by atoms with Gasteiger partial charge in [-0.2, -0.15) is 13.2 Å². The standard InChI is InChI=1S/C11H10F3N3O2/c1-15-8(11(12,13)14)5-2-3-6-7(4-5)17-10(19)9(18)16-6/h2-4,8,15H,1H3,(H,16,18)(H,17,19). The molecule has 2 rings (SSSR count). The third kappa shape index (κ3) is 2.53. The minimum absolute atomic E-state index is 0.0507. The van der Waals surface area contributed by atoms with Crippen LogP contribution in [0.15, 0.2) is 27.8 Å². The molecule has 1 aromatic carbocycles. The van der Waals surface area contributed by atoms with Crippen molar-refractivity contribution >= 4 is 11.0 Å². The van der Waals surface area contributed by atoms with Crippen LogP contribution in [0.1, 0.15) is 11.6 Å². The van der Waals surface area contributed by atoms with E-state index in [9.17, 15) is 22.8 Å². The van der Waals surface area contributed by atoms with E-state index in [1.165, 1.54) is 25.2 Å². The fraction of sp³-hybridized carbons (Fsp3) is 0.273. The summed E-state index contributed by atoms with van der Waals surface area (Å²) in [6, 6.07) is 1.90. The first-order chi connectivity index (χ1) is 8.82. The molecular formula is C11H10F3N3O2. The average Bonchev–Trinajstić information content (AvgIpc) is 2.30. The van der Waals surface area contributed by atoms with Gasteiger partial charge in [-0.15, -0.1) is 0 Å². The van der Waals surface area contributed by atoms with Gasteiger partial charge in [0.15, 0.2) is 0 Å². The normalized spacial score (nSPS) is 13.7. The Balaban J connectivity index is 2.61. The summed E-state index contributed by atoms with van der Waals surface area (Å²) >= 11 is 0. The quantitative estimate of drug-likeness (QED) is 0.715. The number of rotatable bonds is 2. The molecule has 0 aliphatic rings. The number of hydrogen-bond donors (Lipinski definition) is 3. The van der Waals surface area contributed by atoms with E-state index >= 15 is 0 Å². The summed E-state index contributed by atoms with van der Waals surface area (Å²) in [5.74, 6) is 0. The van der Waals surface area contributed by atoms with Crippen molar-refractivity contribution in [3.05, 3.63) is 44.5 Å². The topological polar surface area (TPSA) is 77.8 Å². The molecular weight excluding hydrogens is 263 g/mol. The third-order valence-corrected chi connectivity index (χ3v) is 2.70. The Morgan fingerprint density at radius 1 is 1.11 bits per heavy atom. The van der Waals surface area contributed by atoms with Crippen LogP contribution in [0.3, 0.4) is 0 Å². The molecule has 5 nitrogen and oxygen atoms in total. The molecule has 1 heterocycles. The van der Waals surface area contributed by atoms with Crippen molar-refractivity contribution in [1.29, 1.82) is 0 Å². The zero-order valence-corrected chi connectivity index (χ0v) is 9.76. The minimum atomic E-state index is -4.45. The van der Waals surface area contributed by atoms with Gasteiger partial charge in [-0.25, -0.2) is 0 Å². The number of halogens is 3. The lowest BCUT2D eigenvalue weighted by molar-refractivity contribution is -0.156. The lowest BCUT2D eigenvalue weighted by Gasteiger charge is -2.20. The molecule has 0 aliphatic carbocycles. The van der Waals surface area contributed by atoms with E-state index in [4.69, 9.17) is 0 Å². The van der Waals surface area contributed by atoms with E-state index in [2.05, 4.69) is 15.3 Å². The summed E-state index contributed by atoms with van der Waals surface area (Å²) in [4.78, 5) is 26.7. The summed E-state index contributed by atoms with van der Waals surface area (Å²) in [5.41, 5.74) is -1.39. The molecule has 0 fully saturated rings. The van der Waals surface area contributed by atoms with Gasteiger partial charge in [0.05, 0.1) is 11.0 Å². The Hall–Kier alpha value is -2.09. The second-order valence-electron chi connectivity index (χ2n) is 3.98. The molecule has 2 aromatic rings. The smallest absolute Gasteiger partial charge is 0.316 e. The Bertz CT molecular complexity index is 717. The van der Waals surface area contributed by atoms with Gasteiger partial charge >= 0.3 is 17.3 Å². The van der Waals surface area contributed by atoms with E-state index in [0.29, 0.717) is 0 Å². The number of aromatic nitrogens is 2. The molecule has 1 unspecified atom stereocenters. The highest BCUT2D eigenvalue weighted by molar-refractivity contribution is 5.74. The summed E-state index contributed by atoms with van der Waals surface area (Å²) < 4.78 is 38.3. The fourth-order valence-corrected chi connectivity index (χ4v) is 1.83. The second kappa shape index (κ2) is 4.54. The molecule has 0 spiro atoms. The van der Waals surface area contributed by atoms with Crippen LogP contribution in [0.2, 0.25) is 0 Å². The zero-order chi connectivity index (χ0) is 14.2. The number of nitrogens with one attached hydrogen (secondary N) is 3. The van der Waals surface area contributed by atoms with E-state index in [1.807, 2.05) is 0 Å². The lowest BCUT2D eigenvalue weighted by atomic mass is 10.1. The van der Waals surface area contributed by atoms with Crippen LogP contribution in [0.25, 0.3) is 11.0 Å². The van der Waals surface area contributed by atoms with Crippen LogP contribution in [0.5, 0.6) is 0 Å². The fourth-order valence-electron chi connectivity index (χ4n) is 1.83. The van der Waals surface area contributed by atoms with Gasteiger partial charge in [0.25, 0.3) is 0 Å². The van der Waals surface area contributed by atoms with Crippen LogP contribution in [-0.4, -0.2) is 23.2 Å². The summed E-state index contributed by atoms with van der Waals surface area (Å²) in [7, 11) is 1.19.